The van der Waals surface area contributed by atoms with E-state index in [1.54, 1.807) is 13.0 Å². The number of nitrogens with zero attached hydrogens (tertiary/aromatic N) is 1. The molecule has 0 bridgehead atoms. The first kappa shape index (κ1) is 15.7. The van der Waals surface area contributed by atoms with E-state index in [0.717, 1.165) is 51.3 Å². The largest absolute Gasteiger partial charge is 0.314 e. The van der Waals surface area contributed by atoms with E-state index < -0.39 is 0 Å². The van der Waals surface area contributed by atoms with Gasteiger partial charge in [-0.3, -0.25) is 0 Å². The highest BCUT2D eigenvalue weighted by molar-refractivity contribution is 6.31. The molecule has 0 aromatic heterocycles. The summed E-state index contributed by atoms with van der Waals surface area (Å²) in [5.74, 6) is -0.188. The molecule has 1 aromatic carbocycles. The van der Waals surface area contributed by atoms with Crippen molar-refractivity contribution in [2.75, 3.05) is 39.3 Å². The summed E-state index contributed by atoms with van der Waals surface area (Å²) in [6.07, 6.45) is 1.10. The van der Waals surface area contributed by atoms with E-state index in [1.165, 1.54) is 6.07 Å². The number of nitrogens with one attached hydrogen (secondary N) is 2. The molecule has 3 nitrogen and oxygen atoms in total. The first-order valence-electron chi connectivity index (χ1n) is 7.25. The lowest BCUT2D eigenvalue weighted by atomic mass is 10.1. The van der Waals surface area contributed by atoms with Crippen molar-refractivity contribution in [3.05, 3.63) is 34.1 Å². The van der Waals surface area contributed by atoms with Gasteiger partial charge in [-0.25, -0.2) is 4.39 Å². The van der Waals surface area contributed by atoms with Gasteiger partial charge in [0.15, 0.2) is 0 Å². The van der Waals surface area contributed by atoms with Crippen LogP contribution in [0.3, 0.4) is 0 Å². The topological polar surface area (TPSA) is 27.3 Å². The summed E-state index contributed by atoms with van der Waals surface area (Å²) < 4.78 is 13.5. The van der Waals surface area contributed by atoms with E-state index in [2.05, 4.69) is 15.5 Å². The molecule has 20 heavy (non-hydrogen) atoms. The van der Waals surface area contributed by atoms with Gasteiger partial charge in [-0.2, -0.15) is 0 Å². The second-order valence-corrected chi connectivity index (χ2v) is 5.72. The first-order valence-corrected chi connectivity index (χ1v) is 7.63. The monoisotopic (exact) mass is 299 g/mol. The van der Waals surface area contributed by atoms with Crippen LogP contribution in [-0.4, -0.2) is 44.2 Å². The summed E-state index contributed by atoms with van der Waals surface area (Å²) in [5.41, 5.74) is 1.43. The number of piperazine rings is 1. The minimum Gasteiger partial charge on any atom is -0.314 e. The summed E-state index contributed by atoms with van der Waals surface area (Å²) in [6, 6.07) is 3.22. The van der Waals surface area contributed by atoms with Crippen LogP contribution in [0.4, 0.5) is 4.39 Å². The molecule has 1 aliphatic rings. The van der Waals surface area contributed by atoms with Gasteiger partial charge >= 0.3 is 0 Å². The molecule has 0 atom stereocenters. The summed E-state index contributed by atoms with van der Waals surface area (Å²) in [6.45, 7) is 8.84. The Balaban J connectivity index is 1.66. The number of hydrogen-bond acceptors (Lipinski definition) is 3. The lowest BCUT2D eigenvalue weighted by Crippen LogP contribution is -2.44. The van der Waals surface area contributed by atoms with E-state index >= 15 is 0 Å². The van der Waals surface area contributed by atoms with Crippen LogP contribution in [0.15, 0.2) is 12.1 Å². The molecular weight excluding hydrogens is 277 g/mol. The Bertz CT molecular complexity index is 433. The van der Waals surface area contributed by atoms with Crippen molar-refractivity contribution in [2.45, 2.75) is 19.9 Å². The van der Waals surface area contributed by atoms with Crippen LogP contribution in [0, 0.1) is 12.7 Å². The zero-order valence-electron chi connectivity index (χ0n) is 12.0. The third kappa shape index (κ3) is 4.70. The quantitative estimate of drug-likeness (QED) is 0.789. The Morgan fingerprint density at radius 1 is 1.35 bits per heavy atom. The summed E-state index contributed by atoms with van der Waals surface area (Å²) in [5, 5.41) is 7.32. The molecule has 0 aliphatic carbocycles. The lowest BCUT2D eigenvalue weighted by molar-refractivity contribution is 0.237. The van der Waals surface area contributed by atoms with Crippen LogP contribution in [0.5, 0.6) is 0 Å². The van der Waals surface area contributed by atoms with Gasteiger partial charge in [-0.05, 0) is 49.7 Å². The predicted octanol–water partition coefficient (Wildman–Crippen LogP) is 2.17. The van der Waals surface area contributed by atoms with E-state index in [-0.39, 0.29) is 5.82 Å². The maximum Gasteiger partial charge on any atom is 0.126 e. The zero-order valence-corrected chi connectivity index (χ0v) is 12.8. The van der Waals surface area contributed by atoms with Gasteiger partial charge in [0, 0.05) is 37.7 Å². The zero-order chi connectivity index (χ0) is 14.4. The summed E-state index contributed by atoms with van der Waals surface area (Å²) >= 11 is 6.11. The van der Waals surface area contributed by atoms with Crippen LogP contribution in [-0.2, 0) is 6.54 Å². The Morgan fingerprint density at radius 3 is 2.85 bits per heavy atom. The average Bonchev–Trinajstić information content (AvgIpc) is 2.45. The Morgan fingerprint density at radius 2 is 2.10 bits per heavy atom. The second kappa shape index (κ2) is 7.93. The van der Waals surface area contributed by atoms with Crippen LogP contribution < -0.4 is 10.6 Å². The smallest absolute Gasteiger partial charge is 0.126 e. The van der Waals surface area contributed by atoms with Gasteiger partial charge in [-0.1, -0.05) is 11.6 Å². The van der Waals surface area contributed by atoms with Gasteiger partial charge in [0.25, 0.3) is 0 Å². The number of hydrogen-bond donors (Lipinski definition) is 2. The Kier molecular flexibility index (Phi) is 6.23. The molecule has 1 aromatic rings. The van der Waals surface area contributed by atoms with Gasteiger partial charge in [0.2, 0.25) is 0 Å². The lowest BCUT2D eigenvalue weighted by Gasteiger charge is -2.27. The van der Waals surface area contributed by atoms with Crippen LogP contribution >= 0.6 is 11.6 Å². The number of rotatable bonds is 6. The van der Waals surface area contributed by atoms with Crippen molar-refractivity contribution in [3.8, 4) is 0 Å². The van der Waals surface area contributed by atoms with Crippen LogP contribution in [0.2, 0.25) is 5.02 Å². The van der Waals surface area contributed by atoms with Gasteiger partial charge in [0.05, 0.1) is 0 Å². The molecule has 2 N–H and O–H groups in total. The highest BCUT2D eigenvalue weighted by atomic mass is 35.5. The number of aryl methyl sites for hydroxylation is 1. The van der Waals surface area contributed by atoms with E-state index in [4.69, 9.17) is 11.6 Å². The molecule has 112 valence electrons. The Labute approximate surface area is 125 Å². The summed E-state index contributed by atoms with van der Waals surface area (Å²) in [4.78, 5) is 2.47. The van der Waals surface area contributed by atoms with Crippen LogP contribution in [0.25, 0.3) is 0 Å². The molecule has 0 spiro atoms. The maximum absolute atomic E-state index is 13.5. The average molecular weight is 300 g/mol. The van der Waals surface area contributed by atoms with Gasteiger partial charge in [-0.15, -0.1) is 0 Å². The van der Waals surface area contributed by atoms with E-state index in [1.807, 2.05) is 0 Å². The molecule has 1 aliphatic heterocycles. The molecular formula is C15H23ClFN3. The van der Waals surface area contributed by atoms with Crippen molar-refractivity contribution >= 4 is 11.6 Å². The molecule has 0 unspecified atom stereocenters. The number of benzene rings is 1. The number of halogens is 2. The minimum atomic E-state index is -0.188. The van der Waals surface area contributed by atoms with E-state index in [0.29, 0.717) is 17.1 Å². The minimum absolute atomic E-state index is 0.188. The first-order chi connectivity index (χ1) is 9.66. The van der Waals surface area contributed by atoms with Crippen molar-refractivity contribution in [1.29, 1.82) is 0 Å². The van der Waals surface area contributed by atoms with E-state index in [9.17, 15) is 4.39 Å². The summed E-state index contributed by atoms with van der Waals surface area (Å²) in [7, 11) is 0. The molecule has 1 heterocycles. The highest BCUT2D eigenvalue weighted by Gasteiger charge is 2.08. The fraction of sp³-hybridized carbons (Fsp3) is 0.600. The third-order valence-corrected chi connectivity index (χ3v) is 4.03. The van der Waals surface area contributed by atoms with Crippen molar-refractivity contribution < 1.29 is 4.39 Å². The Hall–Kier alpha value is -0.680. The van der Waals surface area contributed by atoms with Crippen LogP contribution in [0.1, 0.15) is 17.5 Å². The van der Waals surface area contributed by atoms with Gasteiger partial charge in [0.1, 0.15) is 5.82 Å². The fourth-order valence-corrected chi connectivity index (χ4v) is 2.69. The van der Waals surface area contributed by atoms with Crippen molar-refractivity contribution in [1.82, 2.24) is 15.5 Å². The molecule has 0 saturated carbocycles. The molecule has 5 heteroatoms. The predicted molar refractivity (Wildman–Crippen MR) is 81.8 cm³/mol. The molecule has 1 saturated heterocycles. The molecule has 0 radical (unpaired) electrons. The molecule has 2 rings (SSSR count). The fourth-order valence-electron chi connectivity index (χ4n) is 2.41. The standard InChI is InChI=1S/C15H23ClFN3/c1-12-9-14(16)13(10-15(12)17)11-19-3-2-6-20-7-4-18-5-8-20/h9-10,18-19H,2-8,11H2,1H3. The van der Waals surface area contributed by atoms with Crippen molar-refractivity contribution in [3.63, 3.8) is 0 Å². The molecule has 0 amide bonds. The highest BCUT2D eigenvalue weighted by Crippen LogP contribution is 2.20. The van der Waals surface area contributed by atoms with Gasteiger partial charge < -0.3 is 15.5 Å². The van der Waals surface area contributed by atoms with Crippen molar-refractivity contribution in [2.24, 2.45) is 0 Å². The maximum atomic E-state index is 13.5. The second-order valence-electron chi connectivity index (χ2n) is 5.31. The third-order valence-electron chi connectivity index (χ3n) is 3.68. The normalized spacial score (nSPS) is 16.6. The SMILES string of the molecule is Cc1cc(Cl)c(CNCCCN2CCNCC2)cc1F. The molecule has 1 fully saturated rings.